The Bertz CT molecular complexity index is 1220. The van der Waals surface area contributed by atoms with Gasteiger partial charge in [-0.25, -0.2) is 13.1 Å². The Morgan fingerprint density at radius 2 is 1.97 bits per heavy atom. The lowest BCUT2D eigenvalue weighted by atomic mass is 10.2. The number of methoxy groups -OCH3 is 1. The second-order valence-electron chi connectivity index (χ2n) is 7.41. The molecule has 11 heteroatoms. The summed E-state index contributed by atoms with van der Waals surface area (Å²) in [6.45, 7) is 2.01. The van der Waals surface area contributed by atoms with E-state index in [0.717, 1.165) is 24.1 Å². The molecule has 1 aromatic heterocycles. The van der Waals surface area contributed by atoms with Crippen molar-refractivity contribution in [2.24, 2.45) is 0 Å². The zero-order valence-corrected chi connectivity index (χ0v) is 19.2. The molecule has 1 heterocycles. The van der Waals surface area contributed by atoms with Crippen LogP contribution in [0, 0.1) is 6.92 Å². The SMILES string of the molecule is COc1ccc(S(=O)(=O)NC2CC2)cc1NC(=O)CSc1nncn1-c1ccc(C)cc1. The number of sulfonamides is 1. The maximum absolute atomic E-state index is 12.6. The predicted molar refractivity (Wildman–Crippen MR) is 122 cm³/mol. The van der Waals surface area contributed by atoms with Gasteiger partial charge >= 0.3 is 0 Å². The van der Waals surface area contributed by atoms with Crippen LogP contribution in [0.2, 0.25) is 0 Å². The lowest BCUT2D eigenvalue weighted by molar-refractivity contribution is -0.113. The van der Waals surface area contributed by atoms with Gasteiger partial charge in [0.2, 0.25) is 15.9 Å². The highest BCUT2D eigenvalue weighted by molar-refractivity contribution is 7.99. The number of hydrogen-bond acceptors (Lipinski definition) is 7. The minimum absolute atomic E-state index is 0.0116. The quantitative estimate of drug-likeness (QED) is 0.459. The summed E-state index contributed by atoms with van der Waals surface area (Å²) in [6.07, 6.45) is 3.27. The van der Waals surface area contributed by atoms with Gasteiger partial charge in [-0.15, -0.1) is 10.2 Å². The van der Waals surface area contributed by atoms with E-state index in [1.54, 1.807) is 10.9 Å². The van der Waals surface area contributed by atoms with E-state index in [1.165, 1.54) is 37.1 Å². The zero-order chi connectivity index (χ0) is 22.7. The zero-order valence-electron chi connectivity index (χ0n) is 17.6. The van der Waals surface area contributed by atoms with Crippen LogP contribution in [0.3, 0.4) is 0 Å². The van der Waals surface area contributed by atoms with Gasteiger partial charge in [-0.3, -0.25) is 9.36 Å². The van der Waals surface area contributed by atoms with Crippen LogP contribution in [0.1, 0.15) is 18.4 Å². The number of carbonyl (C=O) groups is 1. The Labute approximate surface area is 190 Å². The molecule has 0 aliphatic heterocycles. The van der Waals surface area contributed by atoms with Crippen LogP contribution in [0.15, 0.2) is 58.8 Å². The van der Waals surface area contributed by atoms with Gasteiger partial charge in [-0.1, -0.05) is 29.5 Å². The number of ether oxygens (including phenoxy) is 1. The van der Waals surface area contributed by atoms with Crippen molar-refractivity contribution in [3.63, 3.8) is 0 Å². The van der Waals surface area contributed by atoms with Crippen molar-refractivity contribution in [1.29, 1.82) is 0 Å². The summed E-state index contributed by atoms with van der Waals surface area (Å²) in [6, 6.07) is 12.3. The Morgan fingerprint density at radius 3 is 2.66 bits per heavy atom. The lowest BCUT2D eigenvalue weighted by Crippen LogP contribution is -2.26. The van der Waals surface area contributed by atoms with Gasteiger partial charge in [-0.2, -0.15) is 0 Å². The Hall–Kier alpha value is -2.89. The maximum atomic E-state index is 12.6. The third kappa shape index (κ3) is 5.29. The summed E-state index contributed by atoms with van der Waals surface area (Å²) >= 11 is 1.23. The highest BCUT2D eigenvalue weighted by Crippen LogP contribution is 2.29. The number of aryl methyl sites for hydroxylation is 1. The minimum atomic E-state index is -3.65. The Balaban J connectivity index is 1.45. The molecule has 0 unspecified atom stereocenters. The van der Waals surface area contributed by atoms with E-state index < -0.39 is 10.0 Å². The summed E-state index contributed by atoms with van der Waals surface area (Å²) < 4.78 is 34.7. The number of nitrogens with zero attached hydrogens (tertiary/aromatic N) is 3. The molecule has 2 aromatic carbocycles. The molecule has 0 spiro atoms. The molecule has 0 radical (unpaired) electrons. The number of benzene rings is 2. The second-order valence-corrected chi connectivity index (χ2v) is 10.1. The molecule has 1 aliphatic carbocycles. The number of nitrogens with one attached hydrogen (secondary N) is 2. The average molecular weight is 474 g/mol. The molecule has 3 aromatic rings. The van der Waals surface area contributed by atoms with Crippen LogP contribution in [0.4, 0.5) is 5.69 Å². The molecule has 1 fully saturated rings. The van der Waals surface area contributed by atoms with E-state index in [0.29, 0.717) is 10.9 Å². The highest BCUT2D eigenvalue weighted by atomic mass is 32.2. The molecule has 1 saturated carbocycles. The fraction of sp³-hybridized carbons (Fsp3) is 0.286. The monoisotopic (exact) mass is 473 g/mol. The van der Waals surface area contributed by atoms with Gasteiger partial charge in [-0.05, 0) is 50.1 Å². The van der Waals surface area contributed by atoms with Crippen molar-refractivity contribution in [2.45, 2.75) is 35.9 Å². The van der Waals surface area contributed by atoms with E-state index in [-0.39, 0.29) is 28.3 Å². The van der Waals surface area contributed by atoms with Gasteiger partial charge in [0.1, 0.15) is 12.1 Å². The second kappa shape index (κ2) is 9.31. The number of amides is 1. The molecule has 1 aliphatic rings. The molecular formula is C21H23N5O4S2. The fourth-order valence-electron chi connectivity index (χ4n) is 2.96. The summed E-state index contributed by atoms with van der Waals surface area (Å²) in [5.41, 5.74) is 2.32. The van der Waals surface area contributed by atoms with Crippen LogP contribution < -0.4 is 14.8 Å². The van der Waals surface area contributed by atoms with Gasteiger partial charge in [0.05, 0.1) is 23.4 Å². The van der Waals surface area contributed by atoms with Crippen molar-refractivity contribution >= 4 is 33.4 Å². The first-order valence-corrected chi connectivity index (χ1v) is 12.4. The van der Waals surface area contributed by atoms with E-state index in [2.05, 4.69) is 20.2 Å². The lowest BCUT2D eigenvalue weighted by Gasteiger charge is -2.13. The Morgan fingerprint density at radius 1 is 1.22 bits per heavy atom. The van der Waals surface area contributed by atoms with Crippen LogP contribution >= 0.6 is 11.8 Å². The molecule has 32 heavy (non-hydrogen) atoms. The van der Waals surface area contributed by atoms with Gasteiger partial charge < -0.3 is 10.1 Å². The number of rotatable bonds is 9. The van der Waals surface area contributed by atoms with Crippen molar-refractivity contribution in [3.05, 3.63) is 54.4 Å². The standard InChI is InChI=1S/C21H23N5O4S2/c1-14-3-7-16(8-4-14)26-13-22-24-21(26)31-12-20(27)23-18-11-17(9-10-19(18)30-2)32(28,29)25-15-5-6-15/h3-4,7-11,13,15,25H,5-6,12H2,1-2H3,(H,23,27). The van der Waals surface area contributed by atoms with Gasteiger partial charge in [0.25, 0.3) is 0 Å². The first-order chi connectivity index (χ1) is 15.4. The first-order valence-electron chi connectivity index (χ1n) is 9.96. The number of aromatic nitrogens is 3. The van der Waals surface area contributed by atoms with Crippen molar-refractivity contribution < 1.29 is 17.9 Å². The van der Waals surface area contributed by atoms with Crippen LogP contribution in [0.25, 0.3) is 5.69 Å². The average Bonchev–Trinajstić information content (AvgIpc) is 3.45. The summed E-state index contributed by atoms with van der Waals surface area (Å²) in [5, 5.41) is 11.3. The number of thioether (sulfide) groups is 1. The smallest absolute Gasteiger partial charge is 0.240 e. The first kappa shape index (κ1) is 22.3. The predicted octanol–water partition coefficient (Wildman–Crippen LogP) is 2.76. The van der Waals surface area contributed by atoms with E-state index in [9.17, 15) is 13.2 Å². The normalized spacial score (nSPS) is 13.7. The fourth-order valence-corrected chi connectivity index (χ4v) is 5.02. The topological polar surface area (TPSA) is 115 Å². The molecule has 4 rings (SSSR count). The minimum Gasteiger partial charge on any atom is -0.495 e. The number of anilines is 1. The van der Waals surface area contributed by atoms with Gasteiger partial charge in [0.15, 0.2) is 5.16 Å². The van der Waals surface area contributed by atoms with E-state index in [4.69, 9.17) is 4.74 Å². The molecule has 9 nitrogen and oxygen atoms in total. The van der Waals surface area contributed by atoms with Crippen molar-refractivity contribution in [1.82, 2.24) is 19.5 Å². The molecule has 1 amide bonds. The van der Waals surface area contributed by atoms with E-state index in [1.807, 2.05) is 31.2 Å². The summed E-state index contributed by atoms with van der Waals surface area (Å²) in [5.74, 6) is 0.110. The molecular weight excluding hydrogens is 450 g/mol. The van der Waals surface area contributed by atoms with E-state index >= 15 is 0 Å². The van der Waals surface area contributed by atoms with Crippen molar-refractivity contribution in [3.8, 4) is 11.4 Å². The third-order valence-corrected chi connectivity index (χ3v) is 7.28. The van der Waals surface area contributed by atoms with Crippen LogP contribution in [0.5, 0.6) is 5.75 Å². The summed E-state index contributed by atoms with van der Waals surface area (Å²) in [7, 11) is -2.19. The largest absolute Gasteiger partial charge is 0.495 e. The molecule has 0 atom stereocenters. The van der Waals surface area contributed by atoms with Gasteiger partial charge in [0, 0.05) is 11.7 Å². The van der Waals surface area contributed by atoms with Crippen molar-refractivity contribution in [2.75, 3.05) is 18.2 Å². The maximum Gasteiger partial charge on any atom is 0.240 e. The molecule has 168 valence electrons. The van der Waals surface area contributed by atoms with Crippen LogP contribution in [-0.2, 0) is 14.8 Å². The molecule has 0 saturated heterocycles. The number of hydrogen-bond donors (Lipinski definition) is 2. The highest BCUT2D eigenvalue weighted by Gasteiger charge is 2.28. The molecule has 0 bridgehead atoms. The number of carbonyl (C=O) groups excluding carboxylic acids is 1. The Kier molecular flexibility index (Phi) is 6.49. The third-order valence-electron chi connectivity index (χ3n) is 4.82. The van der Waals surface area contributed by atoms with Crippen LogP contribution in [-0.4, -0.2) is 48.0 Å². The molecule has 2 N–H and O–H groups in total. The summed E-state index contributed by atoms with van der Waals surface area (Å²) in [4.78, 5) is 12.7.